The van der Waals surface area contributed by atoms with Crippen LogP contribution in [0, 0.1) is 3.57 Å². The van der Waals surface area contributed by atoms with Crippen molar-refractivity contribution in [2.45, 2.75) is 32.4 Å². The van der Waals surface area contributed by atoms with Crippen LogP contribution >= 0.6 is 22.6 Å². The van der Waals surface area contributed by atoms with Gasteiger partial charge in [0, 0.05) is 3.57 Å². The summed E-state index contributed by atoms with van der Waals surface area (Å²) in [6.45, 7) is 5.47. The summed E-state index contributed by atoms with van der Waals surface area (Å²) >= 11 is 2.20. The second-order valence-corrected chi connectivity index (χ2v) is 5.81. The van der Waals surface area contributed by atoms with Crippen LogP contribution in [0.4, 0.5) is 0 Å². The third-order valence-corrected chi connectivity index (χ3v) is 2.61. The zero-order chi connectivity index (χ0) is 12.3. The predicted molar refractivity (Wildman–Crippen MR) is 71.9 cm³/mol. The van der Waals surface area contributed by atoms with Crippen molar-refractivity contribution in [3.05, 3.63) is 33.4 Å². The number of halogens is 1. The Bertz CT molecular complexity index is 368. The smallest absolute Gasteiger partial charge is 0.328 e. The monoisotopic (exact) mass is 333 g/mol. The van der Waals surface area contributed by atoms with Crippen molar-refractivity contribution in [3.8, 4) is 0 Å². The van der Waals surface area contributed by atoms with E-state index in [1.165, 1.54) is 0 Å². The lowest BCUT2D eigenvalue weighted by molar-refractivity contribution is -0.156. The number of nitrogens with two attached hydrogens (primary N) is 1. The van der Waals surface area contributed by atoms with Crippen molar-refractivity contribution in [3.63, 3.8) is 0 Å². The summed E-state index contributed by atoms with van der Waals surface area (Å²) in [5.74, 6) is -0.395. The molecule has 0 saturated carbocycles. The molecule has 0 radical (unpaired) electrons. The van der Waals surface area contributed by atoms with Gasteiger partial charge in [0.25, 0.3) is 0 Å². The zero-order valence-electron chi connectivity index (χ0n) is 9.66. The molecule has 1 atom stereocenters. The Kier molecular flexibility index (Phi) is 4.32. The molecule has 0 amide bonds. The van der Waals surface area contributed by atoms with Crippen LogP contribution in [-0.4, -0.2) is 11.6 Å². The second-order valence-electron chi connectivity index (χ2n) is 4.56. The highest BCUT2D eigenvalue weighted by molar-refractivity contribution is 14.1. The molecular weight excluding hydrogens is 317 g/mol. The van der Waals surface area contributed by atoms with Crippen LogP contribution in [0.1, 0.15) is 32.4 Å². The molecule has 0 spiro atoms. The maximum atomic E-state index is 11.7. The maximum absolute atomic E-state index is 11.7. The molecule has 0 saturated heterocycles. The van der Waals surface area contributed by atoms with Crippen molar-refractivity contribution in [2.75, 3.05) is 0 Å². The number of rotatable bonds is 2. The zero-order valence-corrected chi connectivity index (χ0v) is 11.8. The Hall–Kier alpha value is -0.620. The summed E-state index contributed by atoms with van der Waals surface area (Å²) in [5, 5.41) is 0. The molecule has 2 N–H and O–H groups in total. The highest BCUT2D eigenvalue weighted by Crippen LogP contribution is 2.17. The molecule has 1 unspecified atom stereocenters. The van der Waals surface area contributed by atoms with E-state index in [2.05, 4.69) is 22.6 Å². The van der Waals surface area contributed by atoms with E-state index < -0.39 is 17.6 Å². The fourth-order valence-electron chi connectivity index (χ4n) is 1.17. The lowest BCUT2D eigenvalue weighted by Crippen LogP contribution is -2.31. The van der Waals surface area contributed by atoms with Gasteiger partial charge < -0.3 is 10.5 Å². The molecule has 0 aromatic heterocycles. The number of carbonyl (C=O) groups is 1. The summed E-state index contributed by atoms with van der Waals surface area (Å²) in [6.07, 6.45) is 0. The molecule has 88 valence electrons. The van der Waals surface area contributed by atoms with Crippen LogP contribution < -0.4 is 5.73 Å². The van der Waals surface area contributed by atoms with Gasteiger partial charge in [-0.15, -0.1) is 0 Å². The molecule has 1 aromatic carbocycles. The average molecular weight is 333 g/mol. The minimum Gasteiger partial charge on any atom is -0.459 e. The van der Waals surface area contributed by atoms with E-state index in [-0.39, 0.29) is 0 Å². The highest BCUT2D eigenvalue weighted by atomic mass is 127. The molecule has 0 heterocycles. The Balaban J connectivity index is 2.74. The van der Waals surface area contributed by atoms with E-state index in [4.69, 9.17) is 10.5 Å². The fraction of sp³-hybridized carbons (Fsp3) is 0.417. The molecule has 1 rings (SSSR count). The van der Waals surface area contributed by atoms with Crippen molar-refractivity contribution in [2.24, 2.45) is 5.73 Å². The molecule has 1 aromatic rings. The lowest BCUT2D eigenvalue weighted by atomic mass is 10.1. The van der Waals surface area contributed by atoms with E-state index in [0.717, 1.165) is 9.13 Å². The van der Waals surface area contributed by atoms with Crippen LogP contribution in [0.15, 0.2) is 24.3 Å². The summed E-state index contributed by atoms with van der Waals surface area (Å²) < 4.78 is 6.33. The van der Waals surface area contributed by atoms with Gasteiger partial charge in [-0.2, -0.15) is 0 Å². The Labute approximate surface area is 109 Å². The quantitative estimate of drug-likeness (QED) is 0.669. The first-order chi connectivity index (χ1) is 7.29. The second kappa shape index (κ2) is 5.14. The maximum Gasteiger partial charge on any atom is 0.328 e. The number of ether oxygens (including phenoxy) is 1. The van der Waals surface area contributed by atoms with Crippen LogP contribution in [0.3, 0.4) is 0 Å². The third-order valence-electron chi connectivity index (χ3n) is 1.89. The number of benzene rings is 1. The molecule has 3 nitrogen and oxygen atoms in total. The van der Waals surface area contributed by atoms with E-state index in [9.17, 15) is 4.79 Å². The Morgan fingerprint density at radius 1 is 1.31 bits per heavy atom. The van der Waals surface area contributed by atoms with Crippen LogP contribution in [0.5, 0.6) is 0 Å². The first-order valence-electron chi connectivity index (χ1n) is 5.03. The van der Waals surface area contributed by atoms with Gasteiger partial charge >= 0.3 is 5.97 Å². The van der Waals surface area contributed by atoms with Crippen LogP contribution in [0.25, 0.3) is 0 Å². The van der Waals surface area contributed by atoms with E-state index in [1.54, 1.807) is 0 Å². The van der Waals surface area contributed by atoms with Crippen molar-refractivity contribution in [1.29, 1.82) is 0 Å². The SMILES string of the molecule is CC(C)(C)OC(=O)C(N)c1ccc(I)cc1. The van der Waals surface area contributed by atoms with Crippen molar-refractivity contribution in [1.82, 2.24) is 0 Å². The summed E-state index contributed by atoms with van der Waals surface area (Å²) in [5.41, 5.74) is 6.09. The fourth-order valence-corrected chi connectivity index (χ4v) is 1.53. The molecule has 0 aliphatic heterocycles. The molecule has 0 aliphatic rings. The first kappa shape index (κ1) is 13.4. The summed E-state index contributed by atoms with van der Waals surface area (Å²) in [6, 6.07) is 6.81. The number of carbonyl (C=O) groups excluding carboxylic acids is 1. The largest absolute Gasteiger partial charge is 0.459 e. The molecule has 0 fully saturated rings. The van der Waals surface area contributed by atoms with Crippen LogP contribution in [-0.2, 0) is 9.53 Å². The number of hydrogen-bond acceptors (Lipinski definition) is 3. The normalized spacial score (nSPS) is 13.3. The lowest BCUT2D eigenvalue weighted by Gasteiger charge is -2.22. The predicted octanol–water partition coefficient (Wildman–Crippen LogP) is 2.63. The topological polar surface area (TPSA) is 52.3 Å². The molecule has 0 aliphatic carbocycles. The minimum absolute atomic E-state index is 0.395. The molecule has 16 heavy (non-hydrogen) atoms. The summed E-state index contributed by atoms with van der Waals surface area (Å²) in [7, 11) is 0. The van der Waals surface area contributed by atoms with Gasteiger partial charge in [-0.1, -0.05) is 12.1 Å². The van der Waals surface area contributed by atoms with Gasteiger partial charge in [-0.05, 0) is 61.1 Å². The molecular formula is C12H16INO2. The Morgan fingerprint density at radius 3 is 2.25 bits per heavy atom. The highest BCUT2D eigenvalue weighted by Gasteiger charge is 2.23. The van der Waals surface area contributed by atoms with E-state index in [1.807, 2.05) is 45.0 Å². The first-order valence-corrected chi connectivity index (χ1v) is 6.11. The number of hydrogen-bond donors (Lipinski definition) is 1. The van der Waals surface area contributed by atoms with Gasteiger partial charge in [-0.3, -0.25) is 0 Å². The van der Waals surface area contributed by atoms with Gasteiger partial charge in [0.1, 0.15) is 11.6 Å². The number of esters is 1. The van der Waals surface area contributed by atoms with Gasteiger partial charge in [0.05, 0.1) is 0 Å². The summed E-state index contributed by atoms with van der Waals surface area (Å²) in [4.78, 5) is 11.7. The van der Waals surface area contributed by atoms with Gasteiger partial charge in [-0.25, -0.2) is 4.79 Å². The van der Waals surface area contributed by atoms with E-state index in [0.29, 0.717) is 0 Å². The van der Waals surface area contributed by atoms with Crippen molar-refractivity contribution < 1.29 is 9.53 Å². The standard InChI is InChI=1S/C12H16INO2/c1-12(2,3)16-11(15)10(14)8-4-6-9(13)7-5-8/h4-7,10H,14H2,1-3H3. The minimum atomic E-state index is -0.712. The van der Waals surface area contributed by atoms with Gasteiger partial charge in [0.15, 0.2) is 0 Å². The molecule has 4 heteroatoms. The van der Waals surface area contributed by atoms with E-state index >= 15 is 0 Å². The van der Waals surface area contributed by atoms with Crippen LogP contribution in [0.2, 0.25) is 0 Å². The Morgan fingerprint density at radius 2 is 1.81 bits per heavy atom. The van der Waals surface area contributed by atoms with Crippen molar-refractivity contribution >= 4 is 28.6 Å². The third kappa shape index (κ3) is 4.09. The average Bonchev–Trinajstić information content (AvgIpc) is 2.15. The molecule has 0 bridgehead atoms. The van der Waals surface area contributed by atoms with Gasteiger partial charge in [0.2, 0.25) is 0 Å².